The number of aryl methyl sites for hydroxylation is 2. The zero-order valence-corrected chi connectivity index (χ0v) is 19.4. The van der Waals surface area contributed by atoms with Gasteiger partial charge in [-0.2, -0.15) is 0 Å². The van der Waals surface area contributed by atoms with Crippen molar-refractivity contribution in [3.8, 4) is 0 Å². The molecule has 0 aliphatic carbocycles. The number of aliphatic hydroxyl groups excluding tert-OH is 1. The fourth-order valence-electron chi connectivity index (χ4n) is 4.81. The maximum Gasteiger partial charge on any atom is 0.295 e. The van der Waals surface area contributed by atoms with Gasteiger partial charge < -0.3 is 14.7 Å². The minimum Gasteiger partial charge on any atom is -0.505 e. The molecule has 1 N–H and O–H groups in total. The van der Waals surface area contributed by atoms with E-state index >= 15 is 0 Å². The molecule has 2 saturated heterocycles. The number of fused-ring (bicyclic) bond motifs is 1. The number of likely N-dealkylation sites (tertiary alicyclic amines) is 1. The highest BCUT2D eigenvalue weighted by Crippen LogP contribution is 2.40. The quantitative estimate of drug-likeness (QED) is 0.358. The Balaban J connectivity index is 1.60. The maximum absolute atomic E-state index is 13.3. The van der Waals surface area contributed by atoms with Gasteiger partial charge in [0, 0.05) is 32.4 Å². The molecule has 5 rings (SSSR count). The number of hydrogen-bond acceptors (Lipinski definition) is 6. The number of amides is 1. The van der Waals surface area contributed by atoms with Crippen molar-refractivity contribution in [1.82, 2.24) is 19.2 Å². The first-order valence-corrected chi connectivity index (χ1v) is 11.5. The normalized spacial score (nSPS) is 21.0. The number of benzene rings is 1. The summed E-state index contributed by atoms with van der Waals surface area (Å²) in [5.41, 5.74) is 3.65. The first-order chi connectivity index (χ1) is 16.5. The van der Waals surface area contributed by atoms with Crippen LogP contribution in [0.3, 0.4) is 0 Å². The highest BCUT2D eigenvalue weighted by Gasteiger charge is 2.46. The van der Waals surface area contributed by atoms with E-state index in [0.29, 0.717) is 43.3 Å². The molecule has 4 heterocycles. The fraction of sp³-hybridized carbons (Fsp3) is 0.346. The third kappa shape index (κ3) is 3.89. The second-order valence-electron chi connectivity index (χ2n) is 8.83. The molecule has 34 heavy (non-hydrogen) atoms. The van der Waals surface area contributed by atoms with Gasteiger partial charge >= 0.3 is 0 Å². The average Bonchev–Trinajstić information content (AvgIpc) is 3.31. The van der Waals surface area contributed by atoms with E-state index in [1.807, 2.05) is 49.4 Å². The molecule has 0 saturated carbocycles. The number of aliphatic hydroxyl groups is 1. The molecule has 0 bridgehead atoms. The smallest absolute Gasteiger partial charge is 0.295 e. The highest BCUT2D eigenvalue weighted by molar-refractivity contribution is 6.46. The van der Waals surface area contributed by atoms with Crippen LogP contribution in [0.1, 0.15) is 28.6 Å². The second-order valence-corrected chi connectivity index (χ2v) is 8.83. The number of imidazole rings is 1. The van der Waals surface area contributed by atoms with Gasteiger partial charge in [-0.05, 0) is 31.5 Å². The molecular formula is C26H28N4O4. The predicted molar refractivity (Wildman–Crippen MR) is 127 cm³/mol. The van der Waals surface area contributed by atoms with Crippen molar-refractivity contribution in [3.63, 3.8) is 0 Å². The third-order valence-electron chi connectivity index (χ3n) is 6.62. The van der Waals surface area contributed by atoms with Crippen LogP contribution < -0.4 is 0 Å². The molecule has 2 aromatic heterocycles. The van der Waals surface area contributed by atoms with Gasteiger partial charge in [-0.25, -0.2) is 4.98 Å². The van der Waals surface area contributed by atoms with Crippen LogP contribution in [0.4, 0.5) is 0 Å². The largest absolute Gasteiger partial charge is 0.505 e. The number of pyridine rings is 1. The molecule has 0 spiro atoms. The number of nitrogens with zero attached hydrogens (tertiary/aromatic N) is 4. The molecule has 8 nitrogen and oxygen atoms in total. The van der Waals surface area contributed by atoms with Crippen molar-refractivity contribution in [2.24, 2.45) is 0 Å². The van der Waals surface area contributed by atoms with Crippen molar-refractivity contribution < 1.29 is 19.4 Å². The molecular weight excluding hydrogens is 432 g/mol. The van der Waals surface area contributed by atoms with Crippen LogP contribution in [0.25, 0.3) is 11.4 Å². The van der Waals surface area contributed by atoms with Crippen molar-refractivity contribution in [2.45, 2.75) is 19.9 Å². The third-order valence-corrected chi connectivity index (χ3v) is 6.62. The summed E-state index contributed by atoms with van der Waals surface area (Å²) >= 11 is 0. The van der Waals surface area contributed by atoms with Crippen LogP contribution in [0, 0.1) is 13.8 Å². The molecule has 0 radical (unpaired) electrons. The van der Waals surface area contributed by atoms with E-state index in [2.05, 4.69) is 9.88 Å². The number of carbonyl (C=O) groups excluding carboxylic acids is 2. The van der Waals surface area contributed by atoms with Crippen LogP contribution >= 0.6 is 0 Å². The molecule has 2 fully saturated rings. The minimum atomic E-state index is -0.671. The summed E-state index contributed by atoms with van der Waals surface area (Å²) in [6.07, 6.45) is 1.79. The van der Waals surface area contributed by atoms with Crippen LogP contribution in [-0.2, 0) is 14.3 Å². The topological polar surface area (TPSA) is 87.4 Å². The van der Waals surface area contributed by atoms with Gasteiger partial charge in [-0.1, -0.05) is 35.9 Å². The predicted octanol–water partition coefficient (Wildman–Crippen LogP) is 2.71. The van der Waals surface area contributed by atoms with E-state index in [4.69, 9.17) is 4.74 Å². The average molecular weight is 461 g/mol. The number of aromatic nitrogens is 2. The molecule has 1 aromatic carbocycles. The Labute approximate surface area is 198 Å². The van der Waals surface area contributed by atoms with Gasteiger partial charge in [-0.3, -0.25) is 18.9 Å². The molecule has 1 atom stereocenters. The standard InChI is InChI=1S/C26H28N4O4/c1-17-6-8-19(9-7-17)23-21(24(31)22-18(2)27-20-5-3-4-10-29(20)22)25(32)26(33)30(23)12-11-28-13-15-34-16-14-28/h3-10,23,31H,11-16H2,1-2H3/b24-21-. The molecule has 2 aliphatic heterocycles. The number of ketones is 1. The lowest BCUT2D eigenvalue weighted by atomic mass is 9.95. The van der Waals surface area contributed by atoms with Crippen molar-refractivity contribution >= 4 is 23.1 Å². The summed E-state index contributed by atoms with van der Waals surface area (Å²) in [6.45, 7) is 7.69. The van der Waals surface area contributed by atoms with E-state index in [-0.39, 0.29) is 11.3 Å². The van der Waals surface area contributed by atoms with Crippen molar-refractivity contribution in [3.05, 3.63) is 76.7 Å². The van der Waals surface area contributed by atoms with Gasteiger partial charge in [-0.15, -0.1) is 0 Å². The molecule has 8 heteroatoms. The summed E-state index contributed by atoms with van der Waals surface area (Å²) < 4.78 is 7.17. The van der Waals surface area contributed by atoms with Crippen LogP contribution in [0.5, 0.6) is 0 Å². The van der Waals surface area contributed by atoms with Gasteiger partial charge in [0.1, 0.15) is 11.3 Å². The lowest BCUT2D eigenvalue weighted by molar-refractivity contribution is -0.140. The summed E-state index contributed by atoms with van der Waals surface area (Å²) in [6, 6.07) is 12.6. The first kappa shape index (κ1) is 22.3. The van der Waals surface area contributed by atoms with Crippen LogP contribution in [0.2, 0.25) is 0 Å². The molecule has 1 unspecified atom stereocenters. The first-order valence-electron chi connectivity index (χ1n) is 11.5. The molecule has 2 aliphatic rings. The minimum absolute atomic E-state index is 0.101. The highest BCUT2D eigenvalue weighted by atomic mass is 16.5. The Kier molecular flexibility index (Phi) is 5.93. The number of morpholine rings is 1. The van der Waals surface area contributed by atoms with E-state index in [1.165, 1.54) is 0 Å². The molecule has 3 aromatic rings. The summed E-state index contributed by atoms with van der Waals surface area (Å²) in [7, 11) is 0. The van der Waals surface area contributed by atoms with E-state index < -0.39 is 17.7 Å². The SMILES string of the molecule is Cc1ccc(C2/C(=C(/O)c3c(C)nc4ccccn34)C(=O)C(=O)N2CCN2CCOCC2)cc1. The van der Waals surface area contributed by atoms with Gasteiger partial charge in [0.2, 0.25) is 0 Å². The number of carbonyl (C=O) groups is 2. The van der Waals surface area contributed by atoms with Crippen molar-refractivity contribution in [2.75, 3.05) is 39.4 Å². The monoisotopic (exact) mass is 460 g/mol. The zero-order valence-electron chi connectivity index (χ0n) is 19.4. The van der Waals surface area contributed by atoms with Crippen LogP contribution in [-0.4, -0.2) is 75.4 Å². The van der Waals surface area contributed by atoms with Crippen LogP contribution in [0.15, 0.2) is 54.2 Å². The van der Waals surface area contributed by atoms with E-state index in [9.17, 15) is 14.7 Å². The molecule has 176 valence electrons. The number of ether oxygens (including phenoxy) is 1. The Morgan fingerprint density at radius 2 is 1.79 bits per heavy atom. The molecule has 1 amide bonds. The van der Waals surface area contributed by atoms with Gasteiger partial charge in [0.15, 0.2) is 5.76 Å². The summed E-state index contributed by atoms with van der Waals surface area (Å²) in [5, 5.41) is 11.5. The lowest BCUT2D eigenvalue weighted by Crippen LogP contribution is -2.42. The summed E-state index contributed by atoms with van der Waals surface area (Å²) in [5.74, 6) is -1.46. The van der Waals surface area contributed by atoms with Gasteiger partial charge in [0.05, 0.1) is 30.5 Å². The summed E-state index contributed by atoms with van der Waals surface area (Å²) in [4.78, 5) is 34.9. The Morgan fingerprint density at radius 3 is 2.53 bits per heavy atom. The zero-order chi connectivity index (χ0) is 23.8. The van der Waals surface area contributed by atoms with E-state index in [0.717, 1.165) is 24.2 Å². The maximum atomic E-state index is 13.3. The Morgan fingerprint density at radius 1 is 1.06 bits per heavy atom. The van der Waals surface area contributed by atoms with Gasteiger partial charge in [0.25, 0.3) is 11.7 Å². The van der Waals surface area contributed by atoms with Crippen molar-refractivity contribution in [1.29, 1.82) is 0 Å². The number of hydrogen-bond donors (Lipinski definition) is 1. The Bertz CT molecular complexity index is 1270. The number of rotatable bonds is 5. The number of Topliss-reactive ketones (excluding diaryl/α,β-unsaturated/α-hetero) is 1. The fourth-order valence-corrected chi connectivity index (χ4v) is 4.81. The van der Waals surface area contributed by atoms with E-state index in [1.54, 1.807) is 22.4 Å². The second kappa shape index (κ2) is 9.04. The Hall–Kier alpha value is -3.49. The lowest BCUT2D eigenvalue weighted by Gasteiger charge is -2.31.